The van der Waals surface area contributed by atoms with E-state index in [4.69, 9.17) is 4.42 Å². The van der Waals surface area contributed by atoms with Gasteiger partial charge in [-0.25, -0.2) is 14.6 Å². The molecule has 25 heavy (non-hydrogen) atoms. The van der Waals surface area contributed by atoms with Crippen molar-refractivity contribution in [3.05, 3.63) is 60.7 Å². The molecule has 0 saturated heterocycles. The van der Waals surface area contributed by atoms with Gasteiger partial charge in [0, 0.05) is 25.7 Å². The molecule has 9 heteroatoms. The molecule has 128 valence electrons. The van der Waals surface area contributed by atoms with Gasteiger partial charge in [-0.15, -0.1) is 0 Å². The van der Waals surface area contributed by atoms with E-state index in [1.54, 1.807) is 29.3 Å². The molecule has 3 rings (SSSR count). The summed E-state index contributed by atoms with van der Waals surface area (Å²) in [5.74, 6) is 0.219. The molecule has 0 saturated carbocycles. The smallest absolute Gasteiger partial charge is 0.254 e. The second kappa shape index (κ2) is 7.86. The molecule has 0 bridgehead atoms. The van der Waals surface area contributed by atoms with Gasteiger partial charge in [-0.2, -0.15) is 5.10 Å². The van der Waals surface area contributed by atoms with E-state index >= 15 is 0 Å². The van der Waals surface area contributed by atoms with Crippen LogP contribution in [-0.2, 0) is 11.3 Å². The van der Waals surface area contributed by atoms with E-state index in [-0.39, 0.29) is 24.8 Å². The average Bonchev–Trinajstić information content (AvgIpc) is 3.34. The fourth-order valence-corrected chi connectivity index (χ4v) is 2.06. The van der Waals surface area contributed by atoms with Crippen LogP contribution >= 0.6 is 0 Å². The minimum Gasteiger partial charge on any atom is -0.472 e. The Kier molecular flexibility index (Phi) is 5.15. The fraction of sp³-hybridized carbons (Fsp3) is 0.188. The molecule has 0 aliphatic carbocycles. The van der Waals surface area contributed by atoms with Crippen molar-refractivity contribution in [1.29, 1.82) is 0 Å². The number of aromatic nitrogens is 4. The molecule has 0 aliphatic heterocycles. The topological polar surface area (TPSA) is 115 Å². The molecule has 0 spiro atoms. The van der Waals surface area contributed by atoms with Crippen LogP contribution in [0.2, 0.25) is 0 Å². The number of rotatable bonds is 7. The Morgan fingerprint density at radius 1 is 1.20 bits per heavy atom. The molecule has 3 aromatic rings. The predicted octanol–water partition coefficient (Wildman–Crippen LogP) is 0.692. The fourth-order valence-electron chi connectivity index (χ4n) is 2.06. The third-order valence-electron chi connectivity index (χ3n) is 3.37. The van der Waals surface area contributed by atoms with E-state index in [2.05, 4.69) is 25.7 Å². The summed E-state index contributed by atoms with van der Waals surface area (Å²) in [6, 6.07) is 5.21. The van der Waals surface area contributed by atoms with E-state index in [9.17, 15) is 9.59 Å². The number of pyridine rings is 1. The number of nitrogens with one attached hydrogen (secondary N) is 2. The number of carbonyl (C=O) groups is 2. The van der Waals surface area contributed by atoms with Gasteiger partial charge in [0.25, 0.3) is 5.91 Å². The van der Waals surface area contributed by atoms with Crippen LogP contribution in [-0.4, -0.2) is 38.1 Å². The molecular weight excluding hydrogens is 324 g/mol. The number of furan rings is 1. The Labute approximate surface area is 143 Å². The van der Waals surface area contributed by atoms with Crippen molar-refractivity contribution in [2.45, 2.75) is 13.0 Å². The molecule has 2 amide bonds. The van der Waals surface area contributed by atoms with Crippen LogP contribution in [0.15, 0.2) is 54.0 Å². The summed E-state index contributed by atoms with van der Waals surface area (Å²) in [4.78, 5) is 31.6. The standard InChI is InChI=1S/C16H16N6O3/c23-15(3-5-18-16(24)13-4-6-25-9-13)20-8-12-1-2-14(19-7-12)22-11-17-10-21-22/h1-2,4,6-7,9-11H,3,5,8H2,(H,18,24)(H,20,23). The van der Waals surface area contributed by atoms with Gasteiger partial charge < -0.3 is 15.1 Å². The van der Waals surface area contributed by atoms with E-state index in [0.29, 0.717) is 17.9 Å². The summed E-state index contributed by atoms with van der Waals surface area (Å²) in [6.07, 6.45) is 7.62. The lowest BCUT2D eigenvalue weighted by atomic mass is 10.2. The second-order valence-electron chi connectivity index (χ2n) is 5.16. The normalized spacial score (nSPS) is 10.4. The lowest BCUT2D eigenvalue weighted by Crippen LogP contribution is -2.30. The van der Waals surface area contributed by atoms with Crippen molar-refractivity contribution in [3.8, 4) is 5.82 Å². The first-order valence-corrected chi connectivity index (χ1v) is 7.59. The molecule has 0 aromatic carbocycles. The van der Waals surface area contributed by atoms with Crippen LogP contribution < -0.4 is 10.6 Å². The summed E-state index contributed by atoms with van der Waals surface area (Å²) in [7, 11) is 0. The molecule has 3 heterocycles. The van der Waals surface area contributed by atoms with Crippen LogP contribution in [0.5, 0.6) is 0 Å². The summed E-state index contributed by atoms with van der Waals surface area (Å²) >= 11 is 0. The van der Waals surface area contributed by atoms with Crippen LogP contribution in [0.1, 0.15) is 22.3 Å². The summed E-state index contributed by atoms with van der Waals surface area (Å²) < 4.78 is 6.37. The van der Waals surface area contributed by atoms with Crippen LogP contribution in [0.3, 0.4) is 0 Å². The van der Waals surface area contributed by atoms with Gasteiger partial charge in [-0.05, 0) is 17.7 Å². The number of hydrogen-bond donors (Lipinski definition) is 2. The third-order valence-corrected chi connectivity index (χ3v) is 3.37. The predicted molar refractivity (Wildman–Crippen MR) is 86.7 cm³/mol. The minimum absolute atomic E-state index is 0.159. The monoisotopic (exact) mass is 340 g/mol. The molecule has 3 aromatic heterocycles. The van der Waals surface area contributed by atoms with Crippen molar-refractivity contribution in [1.82, 2.24) is 30.4 Å². The quantitative estimate of drug-likeness (QED) is 0.654. The molecule has 9 nitrogen and oxygen atoms in total. The third kappa shape index (κ3) is 4.50. The molecule has 0 radical (unpaired) electrons. The van der Waals surface area contributed by atoms with Gasteiger partial charge in [0.1, 0.15) is 18.9 Å². The zero-order valence-electron chi connectivity index (χ0n) is 13.3. The Morgan fingerprint density at radius 2 is 2.12 bits per heavy atom. The van der Waals surface area contributed by atoms with Crippen molar-refractivity contribution in [2.75, 3.05) is 6.54 Å². The highest BCUT2D eigenvalue weighted by Crippen LogP contribution is 2.04. The highest BCUT2D eigenvalue weighted by Gasteiger charge is 2.07. The zero-order chi connectivity index (χ0) is 17.5. The largest absolute Gasteiger partial charge is 0.472 e. The Morgan fingerprint density at radius 3 is 2.80 bits per heavy atom. The Hall–Kier alpha value is -3.49. The molecule has 0 unspecified atom stereocenters. The van der Waals surface area contributed by atoms with Gasteiger partial charge in [-0.1, -0.05) is 6.07 Å². The Bertz CT molecular complexity index is 812. The SMILES string of the molecule is O=C(CCNC(=O)c1ccoc1)NCc1ccc(-n2cncn2)nc1. The van der Waals surface area contributed by atoms with E-state index in [1.807, 2.05) is 6.07 Å². The summed E-state index contributed by atoms with van der Waals surface area (Å²) in [6.45, 7) is 0.610. The highest BCUT2D eigenvalue weighted by molar-refractivity contribution is 5.94. The molecule has 2 N–H and O–H groups in total. The number of amides is 2. The van der Waals surface area contributed by atoms with Crippen molar-refractivity contribution >= 4 is 11.8 Å². The van der Waals surface area contributed by atoms with Gasteiger partial charge in [0.2, 0.25) is 5.91 Å². The maximum Gasteiger partial charge on any atom is 0.254 e. The number of hydrogen-bond acceptors (Lipinski definition) is 6. The maximum atomic E-state index is 11.8. The van der Waals surface area contributed by atoms with Gasteiger partial charge in [0.15, 0.2) is 5.82 Å². The molecule has 0 fully saturated rings. The number of nitrogens with zero attached hydrogens (tertiary/aromatic N) is 4. The lowest BCUT2D eigenvalue weighted by molar-refractivity contribution is -0.121. The van der Waals surface area contributed by atoms with Gasteiger partial charge in [0.05, 0.1) is 11.8 Å². The van der Waals surface area contributed by atoms with E-state index < -0.39 is 0 Å². The average molecular weight is 340 g/mol. The second-order valence-corrected chi connectivity index (χ2v) is 5.16. The highest BCUT2D eigenvalue weighted by atomic mass is 16.3. The van der Waals surface area contributed by atoms with Crippen molar-refractivity contribution < 1.29 is 14.0 Å². The summed E-state index contributed by atoms with van der Waals surface area (Å²) in [5.41, 5.74) is 1.29. The van der Waals surface area contributed by atoms with E-state index in [0.717, 1.165) is 5.56 Å². The van der Waals surface area contributed by atoms with Crippen LogP contribution in [0, 0.1) is 0 Å². The first kappa shape index (κ1) is 16.4. The van der Waals surface area contributed by atoms with E-state index in [1.165, 1.54) is 18.9 Å². The minimum atomic E-state index is -0.269. The molecule has 0 aliphatic rings. The maximum absolute atomic E-state index is 11.8. The number of carbonyl (C=O) groups excluding carboxylic acids is 2. The van der Waals surface area contributed by atoms with Crippen LogP contribution in [0.25, 0.3) is 5.82 Å². The van der Waals surface area contributed by atoms with Gasteiger partial charge >= 0.3 is 0 Å². The molecular formula is C16H16N6O3. The first-order chi connectivity index (χ1) is 12.2. The first-order valence-electron chi connectivity index (χ1n) is 7.59. The zero-order valence-corrected chi connectivity index (χ0v) is 13.3. The molecule has 0 atom stereocenters. The lowest BCUT2D eigenvalue weighted by Gasteiger charge is -2.07. The van der Waals surface area contributed by atoms with Crippen molar-refractivity contribution in [3.63, 3.8) is 0 Å². The van der Waals surface area contributed by atoms with Crippen LogP contribution in [0.4, 0.5) is 0 Å². The van der Waals surface area contributed by atoms with Crippen molar-refractivity contribution in [2.24, 2.45) is 0 Å². The summed E-state index contributed by atoms with van der Waals surface area (Å²) in [5, 5.41) is 9.42. The Balaban J connectivity index is 1.39. The van der Waals surface area contributed by atoms with Gasteiger partial charge in [-0.3, -0.25) is 9.59 Å².